The fourth-order valence-corrected chi connectivity index (χ4v) is 1.93. The van der Waals surface area contributed by atoms with E-state index < -0.39 is 5.97 Å². The van der Waals surface area contributed by atoms with Gasteiger partial charge in [0.25, 0.3) is 5.91 Å². The van der Waals surface area contributed by atoms with Crippen LogP contribution < -0.4 is 5.32 Å². The molecule has 2 heterocycles. The number of carbonyl (C=O) groups is 2. The smallest absolute Gasteiger partial charge is 0.343 e. The monoisotopic (exact) mass is 288 g/mol. The molecule has 2 rings (SSSR count). The van der Waals surface area contributed by atoms with Crippen LogP contribution in [-0.2, 0) is 11.8 Å². The zero-order valence-corrected chi connectivity index (χ0v) is 12.1. The number of ether oxygens (including phenoxy) is 1. The van der Waals surface area contributed by atoms with Crippen LogP contribution in [0.5, 0.6) is 0 Å². The van der Waals surface area contributed by atoms with Gasteiger partial charge >= 0.3 is 5.97 Å². The van der Waals surface area contributed by atoms with Gasteiger partial charge in [-0.1, -0.05) is 0 Å². The molecule has 0 aliphatic carbocycles. The standard InChI is InChI=1S/C14H16N4O3/c1-4-21-14(20)11-9(2)17-18(3)12(11)16-13(19)10-5-7-15-8-6-10/h5-8H,4H2,1-3H3,(H,16,19). The van der Waals surface area contributed by atoms with Gasteiger partial charge in [-0.25, -0.2) is 4.79 Å². The summed E-state index contributed by atoms with van der Waals surface area (Å²) in [4.78, 5) is 28.0. The second kappa shape index (κ2) is 6.17. The Morgan fingerprint density at radius 1 is 1.33 bits per heavy atom. The van der Waals surface area contributed by atoms with Crippen molar-refractivity contribution in [1.82, 2.24) is 14.8 Å². The van der Waals surface area contributed by atoms with Crippen molar-refractivity contribution in [3.63, 3.8) is 0 Å². The molecule has 0 bridgehead atoms. The number of hydrogen-bond acceptors (Lipinski definition) is 5. The molecule has 0 aliphatic heterocycles. The highest BCUT2D eigenvalue weighted by Gasteiger charge is 2.23. The molecule has 1 N–H and O–H groups in total. The third-order valence-electron chi connectivity index (χ3n) is 2.88. The number of aromatic nitrogens is 3. The van der Waals surface area contributed by atoms with Crippen LogP contribution in [0.2, 0.25) is 0 Å². The van der Waals surface area contributed by atoms with Crippen molar-refractivity contribution >= 4 is 17.7 Å². The molecule has 0 unspecified atom stereocenters. The molecule has 21 heavy (non-hydrogen) atoms. The van der Waals surface area contributed by atoms with E-state index in [0.717, 1.165) is 0 Å². The summed E-state index contributed by atoms with van der Waals surface area (Å²) >= 11 is 0. The predicted molar refractivity (Wildman–Crippen MR) is 76.1 cm³/mol. The molecule has 110 valence electrons. The first-order valence-corrected chi connectivity index (χ1v) is 6.46. The van der Waals surface area contributed by atoms with E-state index in [0.29, 0.717) is 17.1 Å². The van der Waals surface area contributed by atoms with Crippen LogP contribution in [0.3, 0.4) is 0 Å². The fraction of sp³-hybridized carbons (Fsp3) is 0.286. The van der Waals surface area contributed by atoms with Gasteiger partial charge in [-0.2, -0.15) is 5.10 Å². The van der Waals surface area contributed by atoms with Gasteiger partial charge in [0.15, 0.2) is 0 Å². The van der Waals surface area contributed by atoms with E-state index in [1.165, 1.54) is 17.1 Å². The molecular formula is C14H16N4O3. The second-order valence-corrected chi connectivity index (χ2v) is 4.34. The van der Waals surface area contributed by atoms with Crippen LogP contribution in [0.1, 0.15) is 33.3 Å². The Labute approximate surface area is 121 Å². The summed E-state index contributed by atoms with van der Waals surface area (Å²) in [5.41, 5.74) is 1.21. The Morgan fingerprint density at radius 3 is 2.62 bits per heavy atom. The molecule has 0 radical (unpaired) electrons. The average Bonchev–Trinajstić information content (AvgIpc) is 2.74. The van der Waals surface area contributed by atoms with Crippen LogP contribution in [0.15, 0.2) is 24.5 Å². The van der Waals surface area contributed by atoms with Crippen molar-refractivity contribution in [1.29, 1.82) is 0 Å². The normalized spacial score (nSPS) is 10.2. The minimum absolute atomic E-state index is 0.255. The summed E-state index contributed by atoms with van der Waals surface area (Å²) < 4.78 is 6.44. The molecule has 1 amide bonds. The molecule has 0 fully saturated rings. The van der Waals surface area contributed by atoms with Crippen LogP contribution in [0, 0.1) is 6.92 Å². The Balaban J connectivity index is 2.32. The van der Waals surface area contributed by atoms with E-state index in [4.69, 9.17) is 4.74 Å². The zero-order valence-electron chi connectivity index (χ0n) is 12.1. The highest BCUT2D eigenvalue weighted by Crippen LogP contribution is 2.20. The van der Waals surface area contributed by atoms with Gasteiger partial charge in [-0.05, 0) is 26.0 Å². The van der Waals surface area contributed by atoms with Crippen LogP contribution in [-0.4, -0.2) is 33.2 Å². The van der Waals surface area contributed by atoms with Gasteiger partial charge in [0.1, 0.15) is 11.4 Å². The third-order valence-corrected chi connectivity index (χ3v) is 2.88. The van der Waals surface area contributed by atoms with Crippen molar-refractivity contribution < 1.29 is 14.3 Å². The van der Waals surface area contributed by atoms with E-state index in [-0.39, 0.29) is 18.1 Å². The van der Waals surface area contributed by atoms with Crippen LogP contribution in [0.25, 0.3) is 0 Å². The first-order valence-electron chi connectivity index (χ1n) is 6.46. The SMILES string of the molecule is CCOC(=O)c1c(C)nn(C)c1NC(=O)c1ccncc1. The molecule has 0 saturated carbocycles. The minimum Gasteiger partial charge on any atom is -0.462 e. The molecule has 0 aliphatic rings. The first-order chi connectivity index (χ1) is 10.0. The largest absolute Gasteiger partial charge is 0.462 e. The van der Waals surface area contributed by atoms with Gasteiger partial charge in [0.2, 0.25) is 0 Å². The highest BCUT2D eigenvalue weighted by atomic mass is 16.5. The number of pyridine rings is 1. The minimum atomic E-state index is -0.506. The van der Waals surface area contributed by atoms with Gasteiger partial charge in [0.05, 0.1) is 12.3 Å². The summed E-state index contributed by atoms with van der Waals surface area (Å²) in [6.45, 7) is 3.66. The van der Waals surface area contributed by atoms with Crippen molar-refractivity contribution in [2.24, 2.45) is 7.05 Å². The van der Waals surface area contributed by atoms with Crippen molar-refractivity contribution in [3.05, 3.63) is 41.3 Å². The number of nitrogens with zero attached hydrogens (tertiary/aromatic N) is 3. The summed E-state index contributed by atoms with van der Waals surface area (Å²) in [5.74, 6) is -0.535. The summed E-state index contributed by atoms with van der Waals surface area (Å²) in [6.07, 6.45) is 3.05. The summed E-state index contributed by atoms with van der Waals surface area (Å²) in [5, 5.41) is 6.84. The number of amides is 1. The van der Waals surface area contributed by atoms with Crippen molar-refractivity contribution in [3.8, 4) is 0 Å². The Hall–Kier alpha value is -2.70. The van der Waals surface area contributed by atoms with E-state index >= 15 is 0 Å². The van der Waals surface area contributed by atoms with Crippen molar-refractivity contribution in [2.45, 2.75) is 13.8 Å². The van der Waals surface area contributed by atoms with Crippen LogP contribution in [0.4, 0.5) is 5.82 Å². The molecule has 2 aromatic heterocycles. The molecule has 0 spiro atoms. The van der Waals surface area contributed by atoms with E-state index in [1.807, 2.05) is 0 Å². The molecule has 0 saturated heterocycles. The zero-order chi connectivity index (χ0) is 15.4. The number of esters is 1. The molecule has 2 aromatic rings. The topological polar surface area (TPSA) is 86.1 Å². The van der Waals surface area contributed by atoms with E-state index in [1.54, 1.807) is 33.0 Å². The quantitative estimate of drug-likeness (QED) is 0.863. The number of carbonyl (C=O) groups excluding carboxylic acids is 2. The van der Waals surface area contributed by atoms with E-state index in [9.17, 15) is 9.59 Å². The lowest BCUT2D eigenvalue weighted by molar-refractivity contribution is 0.0526. The molecule has 0 atom stereocenters. The third kappa shape index (κ3) is 3.07. The molecular weight excluding hydrogens is 272 g/mol. The lowest BCUT2D eigenvalue weighted by Gasteiger charge is -2.08. The summed E-state index contributed by atoms with van der Waals surface area (Å²) in [7, 11) is 1.65. The number of anilines is 1. The number of aryl methyl sites for hydroxylation is 2. The van der Waals surface area contributed by atoms with Gasteiger partial charge in [-0.3, -0.25) is 14.5 Å². The average molecular weight is 288 g/mol. The van der Waals surface area contributed by atoms with E-state index in [2.05, 4.69) is 15.4 Å². The Kier molecular flexibility index (Phi) is 4.32. The maximum Gasteiger partial charge on any atom is 0.343 e. The molecule has 7 nitrogen and oxygen atoms in total. The maximum absolute atomic E-state index is 12.2. The fourth-order valence-electron chi connectivity index (χ4n) is 1.93. The number of hydrogen-bond donors (Lipinski definition) is 1. The maximum atomic E-state index is 12.2. The van der Waals surface area contributed by atoms with Gasteiger partial charge < -0.3 is 10.1 Å². The Morgan fingerprint density at radius 2 is 2.00 bits per heavy atom. The Bertz CT molecular complexity index is 664. The predicted octanol–water partition coefficient (Wildman–Crippen LogP) is 1.55. The number of nitrogens with one attached hydrogen (secondary N) is 1. The van der Waals surface area contributed by atoms with Gasteiger partial charge in [0, 0.05) is 25.0 Å². The first kappa shape index (κ1) is 14.7. The highest BCUT2D eigenvalue weighted by molar-refractivity contribution is 6.07. The lowest BCUT2D eigenvalue weighted by Crippen LogP contribution is -2.17. The van der Waals surface area contributed by atoms with Gasteiger partial charge in [-0.15, -0.1) is 0 Å². The molecule has 7 heteroatoms. The lowest BCUT2D eigenvalue weighted by atomic mass is 10.2. The van der Waals surface area contributed by atoms with Crippen molar-refractivity contribution in [2.75, 3.05) is 11.9 Å². The second-order valence-electron chi connectivity index (χ2n) is 4.34. The summed E-state index contributed by atoms with van der Waals surface area (Å²) in [6, 6.07) is 3.17. The molecule has 0 aromatic carbocycles. The number of rotatable bonds is 4. The van der Waals surface area contributed by atoms with Crippen LogP contribution >= 0.6 is 0 Å².